The van der Waals surface area contributed by atoms with E-state index < -0.39 is 13.2 Å². The summed E-state index contributed by atoms with van der Waals surface area (Å²) < 4.78 is 5.63. The second-order valence-electron chi connectivity index (χ2n) is 3.97. The van der Waals surface area contributed by atoms with Gasteiger partial charge < -0.3 is 4.43 Å². The molecule has 1 rings (SSSR count). The molecule has 0 N–H and O–H groups in total. The Morgan fingerprint density at radius 1 is 1.36 bits per heavy atom. The van der Waals surface area contributed by atoms with Gasteiger partial charge in [0.1, 0.15) is 5.75 Å². The van der Waals surface area contributed by atoms with Crippen molar-refractivity contribution in [3.63, 3.8) is 0 Å². The maximum Gasteiger partial charge on any atom is 0.273 e. The van der Waals surface area contributed by atoms with Gasteiger partial charge in [-0.25, -0.2) is 0 Å². The topological polar surface area (TPSA) is 52.4 Å². The van der Waals surface area contributed by atoms with Crippen LogP contribution in [-0.2, 0) is 0 Å². The van der Waals surface area contributed by atoms with Crippen LogP contribution < -0.4 is 4.43 Å². The third-order valence-corrected chi connectivity index (χ3v) is 2.30. The van der Waals surface area contributed by atoms with Gasteiger partial charge in [0.15, 0.2) is 0 Å². The lowest BCUT2D eigenvalue weighted by molar-refractivity contribution is -0.384. The number of hydrogen-bond acceptors (Lipinski definition) is 3. The highest BCUT2D eigenvalue weighted by Crippen LogP contribution is 2.21. The lowest BCUT2D eigenvalue weighted by atomic mass is 10.3. The molecule has 76 valence electrons. The summed E-state index contributed by atoms with van der Waals surface area (Å²) in [6, 6.07) is 6.29. The fourth-order valence-electron chi connectivity index (χ4n) is 1.01. The van der Waals surface area contributed by atoms with Crippen LogP contribution in [0.2, 0.25) is 19.6 Å². The maximum atomic E-state index is 10.5. The lowest BCUT2D eigenvalue weighted by Crippen LogP contribution is -2.29. The summed E-state index contributed by atoms with van der Waals surface area (Å²) >= 11 is 0. The highest BCUT2D eigenvalue weighted by Gasteiger charge is 2.17. The molecular formula is C9H13NO3Si. The van der Waals surface area contributed by atoms with Crippen LogP contribution >= 0.6 is 0 Å². The van der Waals surface area contributed by atoms with Gasteiger partial charge in [0.25, 0.3) is 5.69 Å². The molecule has 0 spiro atoms. The normalized spacial score (nSPS) is 11.1. The van der Waals surface area contributed by atoms with E-state index in [1.807, 2.05) is 19.6 Å². The first kappa shape index (κ1) is 10.7. The Bertz CT molecular complexity index is 346. The second kappa shape index (κ2) is 3.79. The van der Waals surface area contributed by atoms with Crippen molar-refractivity contribution in [3.8, 4) is 5.75 Å². The van der Waals surface area contributed by atoms with Gasteiger partial charge in [-0.3, -0.25) is 10.1 Å². The van der Waals surface area contributed by atoms with Crippen LogP contribution in [0.25, 0.3) is 0 Å². The highest BCUT2D eigenvalue weighted by atomic mass is 28.4. The van der Waals surface area contributed by atoms with Gasteiger partial charge in [-0.2, -0.15) is 0 Å². The average Bonchev–Trinajstić information content (AvgIpc) is 2.01. The van der Waals surface area contributed by atoms with Crippen molar-refractivity contribution in [3.05, 3.63) is 34.4 Å². The monoisotopic (exact) mass is 211 g/mol. The largest absolute Gasteiger partial charge is 0.544 e. The fraction of sp³-hybridized carbons (Fsp3) is 0.333. The van der Waals surface area contributed by atoms with Crippen molar-refractivity contribution in [2.24, 2.45) is 0 Å². The number of nitrogens with zero attached hydrogens (tertiary/aromatic N) is 1. The third-order valence-electron chi connectivity index (χ3n) is 1.45. The molecule has 0 unspecified atom stereocenters. The molecule has 0 atom stereocenters. The Kier molecular flexibility index (Phi) is 2.90. The van der Waals surface area contributed by atoms with Gasteiger partial charge in [0, 0.05) is 6.07 Å². The van der Waals surface area contributed by atoms with Gasteiger partial charge in [-0.1, -0.05) is 6.07 Å². The maximum absolute atomic E-state index is 10.5. The first-order chi connectivity index (χ1) is 6.38. The Morgan fingerprint density at radius 3 is 2.50 bits per heavy atom. The van der Waals surface area contributed by atoms with Crippen molar-refractivity contribution in [1.29, 1.82) is 0 Å². The minimum atomic E-state index is -1.68. The molecule has 4 nitrogen and oxygen atoms in total. The zero-order chi connectivity index (χ0) is 10.8. The van der Waals surface area contributed by atoms with E-state index in [9.17, 15) is 10.1 Å². The molecule has 0 bridgehead atoms. The summed E-state index contributed by atoms with van der Waals surface area (Å²) in [5.41, 5.74) is 0.0701. The van der Waals surface area contributed by atoms with Crippen LogP contribution in [0.1, 0.15) is 0 Å². The first-order valence-electron chi connectivity index (χ1n) is 4.32. The summed E-state index contributed by atoms with van der Waals surface area (Å²) in [6.45, 7) is 6.10. The van der Waals surface area contributed by atoms with E-state index in [1.165, 1.54) is 12.1 Å². The van der Waals surface area contributed by atoms with E-state index in [4.69, 9.17) is 4.43 Å². The molecule has 0 fully saturated rings. The number of benzene rings is 1. The van der Waals surface area contributed by atoms with Crippen LogP contribution in [0.3, 0.4) is 0 Å². The van der Waals surface area contributed by atoms with Gasteiger partial charge in [-0.15, -0.1) is 0 Å². The predicted octanol–water partition coefficient (Wildman–Crippen LogP) is 2.81. The van der Waals surface area contributed by atoms with Crippen LogP contribution in [0.4, 0.5) is 5.69 Å². The molecule has 0 saturated heterocycles. The van der Waals surface area contributed by atoms with E-state index in [0.717, 1.165) is 0 Å². The molecule has 14 heavy (non-hydrogen) atoms. The van der Waals surface area contributed by atoms with E-state index >= 15 is 0 Å². The molecule has 0 aliphatic heterocycles. The molecule has 0 aliphatic rings. The van der Waals surface area contributed by atoms with Crippen LogP contribution in [0, 0.1) is 10.1 Å². The lowest BCUT2D eigenvalue weighted by Gasteiger charge is -2.18. The standard InChI is InChI=1S/C9H13NO3Si/c1-14(2,3)13-9-6-4-5-8(7-9)10(11)12/h4-7H,1-3H3. The first-order valence-corrected chi connectivity index (χ1v) is 7.73. The van der Waals surface area contributed by atoms with Crippen molar-refractivity contribution >= 4 is 14.0 Å². The minimum absolute atomic E-state index is 0.0701. The fourth-order valence-corrected chi connectivity index (χ4v) is 1.85. The summed E-state index contributed by atoms with van der Waals surface area (Å²) in [6.07, 6.45) is 0. The molecule has 0 heterocycles. The zero-order valence-electron chi connectivity index (χ0n) is 8.48. The Hall–Kier alpha value is -1.36. The van der Waals surface area contributed by atoms with Crippen molar-refractivity contribution < 1.29 is 9.35 Å². The van der Waals surface area contributed by atoms with Crippen LogP contribution in [-0.4, -0.2) is 13.2 Å². The smallest absolute Gasteiger partial charge is 0.273 e. The minimum Gasteiger partial charge on any atom is -0.544 e. The average molecular weight is 211 g/mol. The number of nitro benzene ring substituents is 1. The molecule has 1 aromatic carbocycles. The Balaban J connectivity index is 2.89. The van der Waals surface area contributed by atoms with Crippen molar-refractivity contribution in [1.82, 2.24) is 0 Å². The zero-order valence-corrected chi connectivity index (χ0v) is 9.48. The van der Waals surface area contributed by atoms with Gasteiger partial charge in [0.2, 0.25) is 8.32 Å². The van der Waals surface area contributed by atoms with Gasteiger partial charge in [-0.05, 0) is 25.7 Å². The quantitative estimate of drug-likeness (QED) is 0.439. The molecule has 0 radical (unpaired) electrons. The summed E-state index contributed by atoms with van der Waals surface area (Å²) in [5, 5.41) is 10.5. The van der Waals surface area contributed by atoms with E-state index in [1.54, 1.807) is 12.1 Å². The highest BCUT2D eigenvalue weighted by molar-refractivity contribution is 6.70. The number of rotatable bonds is 3. The van der Waals surface area contributed by atoms with E-state index in [-0.39, 0.29) is 5.69 Å². The van der Waals surface area contributed by atoms with E-state index in [0.29, 0.717) is 5.75 Å². The molecule has 0 amide bonds. The number of hydrogen-bond donors (Lipinski definition) is 0. The third kappa shape index (κ3) is 3.18. The molecule has 5 heteroatoms. The van der Waals surface area contributed by atoms with E-state index in [2.05, 4.69) is 0 Å². The summed E-state index contributed by atoms with van der Waals surface area (Å²) in [5.74, 6) is 0.582. The van der Waals surface area contributed by atoms with Gasteiger partial charge >= 0.3 is 0 Å². The molecular weight excluding hydrogens is 198 g/mol. The number of nitro groups is 1. The van der Waals surface area contributed by atoms with Crippen molar-refractivity contribution in [2.75, 3.05) is 0 Å². The molecule has 0 saturated carbocycles. The SMILES string of the molecule is C[Si](C)(C)Oc1cccc([N+](=O)[O-])c1. The molecule has 1 aromatic rings. The molecule has 0 aromatic heterocycles. The Morgan fingerprint density at radius 2 is 2.00 bits per heavy atom. The second-order valence-corrected chi connectivity index (χ2v) is 8.40. The van der Waals surface area contributed by atoms with Crippen LogP contribution in [0.15, 0.2) is 24.3 Å². The van der Waals surface area contributed by atoms with Gasteiger partial charge in [0.05, 0.1) is 11.0 Å². The summed E-state index contributed by atoms with van der Waals surface area (Å²) in [4.78, 5) is 10.1. The number of non-ortho nitro benzene ring substituents is 1. The molecule has 0 aliphatic carbocycles. The Labute approximate surface area is 83.8 Å². The summed E-state index contributed by atoms with van der Waals surface area (Å²) in [7, 11) is -1.68. The van der Waals surface area contributed by atoms with Crippen LogP contribution in [0.5, 0.6) is 5.75 Å². The van der Waals surface area contributed by atoms with Crippen molar-refractivity contribution in [2.45, 2.75) is 19.6 Å². The predicted molar refractivity (Wildman–Crippen MR) is 57.1 cm³/mol.